The Hall–Kier alpha value is -0.140. The highest BCUT2D eigenvalue weighted by Gasteiger charge is 2.29. The number of ether oxygens (including phenoxy) is 1. The molecular formula is C12H20ClNO3S2. The molecule has 1 rings (SSSR count). The molecule has 0 aliphatic rings. The van der Waals surface area contributed by atoms with E-state index in [2.05, 4.69) is 0 Å². The van der Waals surface area contributed by atoms with Gasteiger partial charge in [-0.25, -0.2) is 8.42 Å². The van der Waals surface area contributed by atoms with Crippen molar-refractivity contribution in [1.29, 1.82) is 0 Å². The standard InChI is InChI=1S/C12H20ClNO3S2/c1-4-10(2)14(7-8-17-3)19(15,16)12-6-5-11(9-13)18-12/h5-6,10H,4,7-9H2,1-3H3. The summed E-state index contributed by atoms with van der Waals surface area (Å²) in [4.78, 5) is 0.857. The summed E-state index contributed by atoms with van der Waals surface area (Å²) < 4.78 is 32.1. The summed E-state index contributed by atoms with van der Waals surface area (Å²) in [6, 6.07) is 3.33. The van der Waals surface area contributed by atoms with Crippen LogP contribution in [-0.2, 0) is 20.6 Å². The summed E-state index contributed by atoms with van der Waals surface area (Å²) in [6.07, 6.45) is 0.761. The zero-order valence-electron chi connectivity index (χ0n) is 11.4. The average molecular weight is 326 g/mol. The van der Waals surface area contributed by atoms with Crippen molar-refractivity contribution < 1.29 is 13.2 Å². The van der Waals surface area contributed by atoms with E-state index in [1.807, 2.05) is 13.8 Å². The second-order valence-corrected chi connectivity index (χ2v) is 7.77. The summed E-state index contributed by atoms with van der Waals surface area (Å²) in [5.41, 5.74) is 0. The fourth-order valence-corrected chi connectivity index (χ4v) is 4.92. The van der Waals surface area contributed by atoms with Crippen molar-refractivity contribution in [2.45, 2.75) is 36.4 Å². The first kappa shape index (κ1) is 16.9. The smallest absolute Gasteiger partial charge is 0.252 e. The third-order valence-electron chi connectivity index (χ3n) is 2.93. The summed E-state index contributed by atoms with van der Waals surface area (Å²) >= 11 is 6.95. The normalized spacial score (nSPS) is 13.9. The third-order valence-corrected chi connectivity index (χ3v) is 6.94. The summed E-state index contributed by atoms with van der Waals surface area (Å²) in [7, 11) is -1.89. The highest BCUT2D eigenvalue weighted by Crippen LogP contribution is 2.27. The highest BCUT2D eigenvalue weighted by atomic mass is 35.5. The van der Waals surface area contributed by atoms with Crippen LogP contribution in [0.3, 0.4) is 0 Å². The number of halogens is 1. The van der Waals surface area contributed by atoms with E-state index in [0.29, 0.717) is 23.2 Å². The quantitative estimate of drug-likeness (QED) is 0.690. The zero-order valence-corrected chi connectivity index (χ0v) is 13.8. The Morgan fingerprint density at radius 3 is 2.63 bits per heavy atom. The van der Waals surface area contributed by atoms with E-state index in [1.54, 1.807) is 19.2 Å². The average Bonchev–Trinajstić information content (AvgIpc) is 2.88. The van der Waals surface area contributed by atoms with Crippen LogP contribution in [0.25, 0.3) is 0 Å². The van der Waals surface area contributed by atoms with Crippen molar-refractivity contribution >= 4 is 33.0 Å². The van der Waals surface area contributed by atoms with Crippen LogP contribution in [0.5, 0.6) is 0 Å². The van der Waals surface area contributed by atoms with E-state index in [4.69, 9.17) is 16.3 Å². The Bertz CT molecular complexity index is 487. The van der Waals surface area contributed by atoms with Crippen LogP contribution in [0.1, 0.15) is 25.1 Å². The largest absolute Gasteiger partial charge is 0.383 e. The van der Waals surface area contributed by atoms with Crippen LogP contribution in [0.15, 0.2) is 16.3 Å². The van der Waals surface area contributed by atoms with Gasteiger partial charge in [-0.2, -0.15) is 4.31 Å². The molecule has 0 aliphatic carbocycles. The van der Waals surface area contributed by atoms with Gasteiger partial charge >= 0.3 is 0 Å². The first-order chi connectivity index (χ1) is 8.97. The zero-order chi connectivity index (χ0) is 14.5. The number of alkyl halides is 1. The minimum atomic E-state index is -3.46. The van der Waals surface area contributed by atoms with Crippen molar-refractivity contribution in [1.82, 2.24) is 4.31 Å². The molecule has 1 aromatic heterocycles. The van der Waals surface area contributed by atoms with Crippen molar-refractivity contribution in [3.8, 4) is 0 Å². The maximum Gasteiger partial charge on any atom is 0.252 e. The lowest BCUT2D eigenvalue weighted by Crippen LogP contribution is -2.40. The van der Waals surface area contributed by atoms with Gasteiger partial charge in [0.15, 0.2) is 0 Å². The second kappa shape index (κ2) is 7.59. The van der Waals surface area contributed by atoms with Gasteiger partial charge in [0, 0.05) is 24.6 Å². The Labute approximate surface area is 124 Å². The first-order valence-electron chi connectivity index (χ1n) is 6.12. The number of hydrogen-bond acceptors (Lipinski definition) is 4. The predicted molar refractivity (Wildman–Crippen MR) is 79.4 cm³/mol. The van der Waals surface area contributed by atoms with E-state index in [9.17, 15) is 8.42 Å². The molecule has 0 radical (unpaired) electrons. The maximum atomic E-state index is 12.6. The molecule has 19 heavy (non-hydrogen) atoms. The molecule has 0 spiro atoms. The molecule has 1 aromatic rings. The molecule has 0 saturated heterocycles. The number of nitrogens with zero attached hydrogens (tertiary/aromatic N) is 1. The molecule has 0 fully saturated rings. The molecule has 0 N–H and O–H groups in total. The van der Waals surface area contributed by atoms with Crippen molar-refractivity contribution in [3.63, 3.8) is 0 Å². The third kappa shape index (κ3) is 4.16. The van der Waals surface area contributed by atoms with Gasteiger partial charge < -0.3 is 4.74 Å². The molecule has 0 saturated carbocycles. The lowest BCUT2D eigenvalue weighted by molar-refractivity contribution is 0.167. The Kier molecular flexibility index (Phi) is 6.76. The molecule has 0 amide bonds. The van der Waals surface area contributed by atoms with Crippen molar-refractivity contribution in [2.24, 2.45) is 0 Å². The van der Waals surface area contributed by atoms with Crippen LogP contribution in [0.2, 0.25) is 0 Å². The number of hydrogen-bond donors (Lipinski definition) is 0. The van der Waals surface area contributed by atoms with E-state index < -0.39 is 10.0 Å². The van der Waals surface area contributed by atoms with E-state index in [1.165, 1.54) is 15.6 Å². The number of rotatable bonds is 8. The number of sulfonamides is 1. The fraction of sp³-hybridized carbons (Fsp3) is 0.667. The van der Waals surface area contributed by atoms with Gasteiger partial charge in [0.1, 0.15) is 4.21 Å². The van der Waals surface area contributed by atoms with Crippen LogP contribution >= 0.6 is 22.9 Å². The van der Waals surface area contributed by atoms with Gasteiger partial charge in [-0.15, -0.1) is 22.9 Å². The van der Waals surface area contributed by atoms with Crippen LogP contribution in [-0.4, -0.2) is 39.0 Å². The van der Waals surface area contributed by atoms with Gasteiger partial charge in [0.25, 0.3) is 10.0 Å². The van der Waals surface area contributed by atoms with Gasteiger partial charge in [-0.1, -0.05) is 6.92 Å². The van der Waals surface area contributed by atoms with Crippen LogP contribution in [0, 0.1) is 0 Å². The molecule has 0 bridgehead atoms. The van der Waals surface area contributed by atoms with Gasteiger partial charge in [0.05, 0.1) is 12.5 Å². The second-order valence-electron chi connectivity index (χ2n) is 4.22. The lowest BCUT2D eigenvalue weighted by Gasteiger charge is -2.26. The summed E-state index contributed by atoms with van der Waals surface area (Å²) in [6.45, 7) is 4.63. The minimum Gasteiger partial charge on any atom is -0.383 e. The number of methoxy groups -OCH3 is 1. The van der Waals surface area contributed by atoms with Gasteiger partial charge in [-0.3, -0.25) is 0 Å². The molecule has 1 heterocycles. The lowest BCUT2D eigenvalue weighted by atomic mass is 10.3. The van der Waals surface area contributed by atoms with Crippen molar-refractivity contribution in [2.75, 3.05) is 20.3 Å². The van der Waals surface area contributed by atoms with Gasteiger partial charge in [0.2, 0.25) is 0 Å². The SMILES string of the molecule is CCC(C)N(CCOC)S(=O)(=O)c1ccc(CCl)s1. The first-order valence-corrected chi connectivity index (χ1v) is 8.91. The fourth-order valence-electron chi connectivity index (χ4n) is 1.65. The molecule has 1 unspecified atom stereocenters. The Morgan fingerprint density at radius 1 is 1.47 bits per heavy atom. The molecule has 0 aliphatic heterocycles. The minimum absolute atomic E-state index is 0.0540. The van der Waals surface area contributed by atoms with E-state index in [-0.39, 0.29) is 6.04 Å². The molecule has 1 atom stereocenters. The van der Waals surface area contributed by atoms with Crippen LogP contribution in [0.4, 0.5) is 0 Å². The van der Waals surface area contributed by atoms with Crippen LogP contribution < -0.4 is 0 Å². The molecule has 4 nitrogen and oxygen atoms in total. The molecule has 0 aromatic carbocycles. The number of thiophene rings is 1. The Balaban J connectivity index is 3.04. The molecule has 110 valence electrons. The monoisotopic (exact) mass is 325 g/mol. The predicted octanol–water partition coefficient (Wildman–Crippen LogP) is 2.92. The van der Waals surface area contributed by atoms with Crippen molar-refractivity contribution in [3.05, 3.63) is 17.0 Å². The Morgan fingerprint density at radius 2 is 2.16 bits per heavy atom. The molecular weight excluding hydrogens is 306 g/mol. The highest BCUT2D eigenvalue weighted by molar-refractivity contribution is 7.91. The molecule has 7 heteroatoms. The van der Waals surface area contributed by atoms with Gasteiger partial charge in [-0.05, 0) is 25.5 Å². The topological polar surface area (TPSA) is 46.6 Å². The maximum absolute atomic E-state index is 12.6. The van der Waals surface area contributed by atoms with E-state index in [0.717, 1.165) is 11.3 Å². The summed E-state index contributed by atoms with van der Waals surface area (Å²) in [5.74, 6) is 0.335. The van der Waals surface area contributed by atoms with E-state index >= 15 is 0 Å². The summed E-state index contributed by atoms with van der Waals surface area (Å²) in [5, 5.41) is 0.